The number of carbonyl (C=O) groups excluding carboxylic acids is 1. The summed E-state index contributed by atoms with van der Waals surface area (Å²) in [7, 11) is 1.01. The molecule has 8 heteroatoms. The molecule has 0 bridgehead atoms. The monoisotopic (exact) mass is 303 g/mol. The van der Waals surface area contributed by atoms with Crippen LogP contribution in [0.4, 0.5) is 8.78 Å². The second-order valence-corrected chi connectivity index (χ2v) is 5.30. The number of hydrogen-bond donors (Lipinski definition) is 1. The minimum Gasteiger partial charge on any atom is -0.477 e. The first-order chi connectivity index (χ1) is 9.29. The summed E-state index contributed by atoms with van der Waals surface area (Å²) in [6.45, 7) is 1.50. The van der Waals surface area contributed by atoms with E-state index in [1.165, 1.54) is 25.2 Å². The molecule has 0 aromatic rings. The Morgan fingerprint density at radius 1 is 1.50 bits per heavy atom. The Hall–Kier alpha value is -1.83. The molecule has 2 aliphatic rings. The standard InChI is InChI=1S/C12H11F2NO4S/c1-6-4-3-5-7-12(13,14)20-9(11(18)19-2)8(10(16)17)15(6)7/h3-5,7H,1-2H3,(H,16,17). The summed E-state index contributed by atoms with van der Waals surface area (Å²) in [4.78, 5) is 23.3. The molecule has 1 atom stereocenters. The summed E-state index contributed by atoms with van der Waals surface area (Å²) >= 11 is -0.0837. The van der Waals surface area contributed by atoms with E-state index in [9.17, 15) is 23.5 Å². The molecule has 108 valence electrons. The quantitative estimate of drug-likeness (QED) is 0.786. The maximum absolute atomic E-state index is 14.1. The fraction of sp³-hybridized carbons (Fsp3) is 0.333. The fourth-order valence-electron chi connectivity index (χ4n) is 2.05. The first-order valence-electron chi connectivity index (χ1n) is 5.56. The number of alkyl halides is 2. The summed E-state index contributed by atoms with van der Waals surface area (Å²) in [5.41, 5.74) is -0.174. The molecule has 0 aliphatic carbocycles. The van der Waals surface area contributed by atoms with Gasteiger partial charge in [0.2, 0.25) is 0 Å². The van der Waals surface area contributed by atoms with Gasteiger partial charge in [-0.2, -0.15) is 8.78 Å². The van der Waals surface area contributed by atoms with Gasteiger partial charge in [0.05, 0.1) is 7.11 Å². The number of halogens is 2. The van der Waals surface area contributed by atoms with E-state index in [4.69, 9.17) is 0 Å². The Labute approximate surface area is 117 Å². The van der Waals surface area contributed by atoms with E-state index in [1.807, 2.05) is 0 Å². The van der Waals surface area contributed by atoms with Gasteiger partial charge in [0.1, 0.15) is 16.6 Å². The number of ether oxygens (including phenoxy) is 1. The Balaban J connectivity index is 2.66. The Morgan fingerprint density at radius 3 is 2.70 bits per heavy atom. The predicted octanol–water partition coefficient (Wildman–Crippen LogP) is 1.94. The average molecular weight is 303 g/mol. The molecule has 0 saturated carbocycles. The van der Waals surface area contributed by atoms with Gasteiger partial charge in [0, 0.05) is 5.70 Å². The topological polar surface area (TPSA) is 66.8 Å². The molecule has 0 fully saturated rings. The van der Waals surface area contributed by atoms with Gasteiger partial charge in [-0.05, 0) is 24.8 Å². The lowest BCUT2D eigenvalue weighted by molar-refractivity contribution is -0.139. The number of carbonyl (C=O) groups is 2. The zero-order valence-corrected chi connectivity index (χ0v) is 11.4. The summed E-state index contributed by atoms with van der Waals surface area (Å²) in [6, 6.07) is -1.45. The highest BCUT2D eigenvalue weighted by Crippen LogP contribution is 2.49. The minimum atomic E-state index is -3.34. The maximum atomic E-state index is 14.1. The molecular weight excluding hydrogens is 292 g/mol. The van der Waals surface area contributed by atoms with Crippen LogP contribution in [0.5, 0.6) is 0 Å². The number of allylic oxidation sites excluding steroid dienone is 3. The van der Waals surface area contributed by atoms with E-state index < -0.39 is 33.8 Å². The van der Waals surface area contributed by atoms with Crippen molar-refractivity contribution in [3.8, 4) is 0 Å². The number of rotatable bonds is 2. The molecule has 0 aromatic carbocycles. The van der Waals surface area contributed by atoms with Crippen LogP contribution in [0, 0.1) is 0 Å². The lowest BCUT2D eigenvalue weighted by Gasteiger charge is -2.42. The molecule has 0 spiro atoms. The lowest BCUT2D eigenvalue weighted by Crippen LogP contribution is -2.50. The van der Waals surface area contributed by atoms with Crippen LogP contribution in [-0.2, 0) is 14.3 Å². The highest BCUT2D eigenvalue weighted by molar-refractivity contribution is 8.05. The van der Waals surface area contributed by atoms with Gasteiger partial charge in [-0.3, -0.25) is 0 Å². The number of carboxylic acids is 1. The normalized spacial score (nSPS) is 24.1. The Kier molecular flexibility index (Phi) is 3.59. The summed E-state index contributed by atoms with van der Waals surface area (Å²) in [5, 5.41) is 5.92. The maximum Gasteiger partial charge on any atom is 0.354 e. The van der Waals surface area contributed by atoms with Gasteiger partial charge in [-0.1, -0.05) is 12.2 Å². The molecule has 1 N–H and O–H groups in total. The molecule has 0 radical (unpaired) electrons. The molecule has 0 amide bonds. The second-order valence-electron chi connectivity index (χ2n) is 4.15. The van der Waals surface area contributed by atoms with Crippen LogP contribution >= 0.6 is 11.8 Å². The van der Waals surface area contributed by atoms with Crippen molar-refractivity contribution in [2.24, 2.45) is 0 Å². The van der Waals surface area contributed by atoms with Gasteiger partial charge in [0.25, 0.3) is 0 Å². The van der Waals surface area contributed by atoms with Crippen LogP contribution in [-0.4, -0.2) is 40.4 Å². The van der Waals surface area contributed by atoms with Crippen molar-refractivity contribution in [3.63, 3.8) is 0 Å². The predicted molar refractivity (Wildman–Crippen MR) is 67.7 cm³/mol. The number of aliphatic carboxylic acids is 1. The van der Waals surface area contributed by atoms with Gasteiger partial charge < -0.3 is 14.7 Å². The molecule has 2 aliphatic heterocycles. The van der Waals surface area contributed by atoms with Crippen LogP contribution in [0.2, 0.25) is 0 Å². The van der Waals surface area contributed by atoms with Crippen LogP contribution in [0.25, 0.3) is 0 Å². The van der Waals surface area contributed by atoms with E-state index in [0.717, 1.165) is 12.0 Å². The highest BCUT2D eigenvalue weighted by Gasteiger charge is 2.53. The average Bonchev–Trinajstić information content (AvgIpc) is 2.37. The Bertz CT molecular complexity index is 568. The Morgan fingerprint density at radius 2 is 2.15 bits per heavy atom. The SMILES string of the molecule is COC(=O)C1=C(C(=O)O)N2C(C)=CC=CC2C(F)(F)S1. The number of carboxylic acid groups (broad SMARTS) is 1. The van der Waals surface area contributed by atoms with E-state index in [-0.39, 0.29) is 11.8 Å². The summed E-state index contributed by atoms with van der Waals surface area (Å²) in [6.07, 6.45) is 4.14. The zero-order valence-electron chi connectivity index (χ0n) is 10.6. The third-order valence-corrected chi connectivity index (χ3v) is 3.98. The van der Waals surface area contributed by atoms with Gasteiger partial charge in [0.15, 0.2) is 0 Å². The first-order valence-corrected chi connectivity index (χ1v) is 6.38. The van der Waals surface area contributed by atoms with Gasteiger partial charge in [-0.15, -0.1) is 0 Å². The van der Waals surface area contributed by atoms with Gasteiger partial charge >= 0.3 is 17.2 Å². The molecule has 0 saturated heterocycles. The van der Waals surface area contributed by atoms with E-state index in [2.05, 4.69) is 4.74 Å². The minimum absolute atomic E-state index is 0.0837. The smallest absolute Gasteiger partial charge is 0.354 e. The number of methoxy groups -OCH3 is 1. The van der Waals surface area contributed by atoms with Crippen molar-refractivity contribution in [2.75, 3.05) is 7.11 Å². The number of nitrogens with zero attached hydrogens (tertiary/aromatic N) is 1. The molecular formula is C12H11F2NO4S. The third-order valence-electron chi connectivity index (χ3n) is 2.90. The van der Waals surface area contributed by atoms with Crippen molar-refractivity contribution in [2.45, 2.75) is 18.2 Å². The van der Waals surface area contributed by atoms with Gasteiger partial charge in [-0.25, -0.2) is 9.59 Å². The van der Waals surface area contributed by atoms with E-state index in [1.54, 1.807) is 0 Å². The van der Waals surface area contributed by atoms with E-state index in [0.29, 0.717) is 5.70 Å². The van der Waals surface area contributed by atoms with Crippen LogP contribution < -0.4 is 0 Å². The number of hydrogen-bond acceptors (Lipinski definition) is 5. The summed E-state index contributed by atoms with van der Waals surface area (Å²) in [5.74, 6) is -2.55. The number of thioether (sulfide) groups is 1. The largest absolute Gasteiger partial charge is 0.477 e. The zero-order chi connectivity index (χ0) is 15.1. The number of esters is 1. The highest BCUT2D eigenvalue weighted by atomic mass is 32.2. The molecule has 2 rings (SSSR count). The van der Waals surface area contributed by atoms with Crippen molar-refractivity contribution in [1.29, 1.82) is 0 Å². The molecule has 20 heavy (non-hydrogen) atoms. The van der Waals surface area contributed by atoms with Crippen molar-refractivity contribution in [3.05, 3.63) is 34.5 Å². The molecule has 0 aromatic heterocycles. The molecule has 2 heterocycles. The molecule has 5 nitrogen and oxygen atoms in total. The lowest BCUT2D eigenvalue weighted by atomic mass is 10.1. The van der Waals surface area contributed by atoms with Crippen LogP contribution in [0.3, 0.4) is 0 Å². The van der Waals surface area contributed by atoms with Crippen LogP contribution in [0.15, 0.2) is 34.5 Å². The fourth-order valence-corrected chi connectivity index (χ4v) is 3.07. The van der Waals surface area contributed by atoms with E-state index >= 15 is 0 Å². The first kappa shape index (κ1) is 14.6. The van der Waals surface area contributed by atoms with Crippen molar-refractivity contribution >= 4 is 23.7 Å². The van der Waals surface area contributed by atoms with Crippen molar-refractivity contribution < 1.29 is 28.2 Å². The van der Waals surface area contributed by atoms with Crippen LogP contribution in [0.1, 0.15) is 6.92 Å². The third kappa shape index (κ3) is 2.20. The summed E-state index contributed by atoms with van der Waals surface area (Å²) < 4.78 is 32.6. The second kappa shape index (κ2) is 4.93. The molecule has 1 unspecified atom stereocenters. The number of fused-ring (bicyclic) bond motifs is 1. The van der Waals surface area contributed by atoms with Crippen molar-refractivity contribution in [1.82, 2.24) is 4.90 Å².